The van der Waals surface area contributed by atoms with Crippen molar-refractivity contribution in [2.45, 2.75) is 13.8 Å². The molecule has 5 nitrogen and oxygen atoms in total. The van der Waals surface area contributed by atoms with E-state index in [2.05, 4.69) is 15.6 Å². The molecular formula is C18H17N3O2. The lowest BCUT2D eigenvalue weighted by atomic mass is 10.1. The second-order valence-corrected chi connectivity index (χ2v) is 5.39. The maximum absolute atomic E-state index is 12.5. The van der Waals surface area contributed by atoms with Gasteiger partial charge in [-0.15, -0.1) is 0 Å². The first-order valence-corrected chi connectivity index (χ1v) is 7.31. The fourth-order valence-electron chi connectivity index (χ4n) is 2.58. The molecule has 0 unspecified atom stereocenters. The molecule has 3 aromatic rings. The highest BCUT2D eigenvalue weighted by Crippen LogP contribution is 2.22. The fraction of sp³-hybridized carbons (Fsp3) is 0.111. The summed E-state index contributed by atoms with van der Waals surface area (Å²) in [7, 11) is 0. The van der Waals surface area contributed by atoms with Gasteiger partial charge in [0.05, 0.1) is 0 Å². The van der Waals surface area contributed by atoms with Gasteiger partial charge in [0, 0.05) is 29.2 Å². The minimum atomic E-state index is -0.210. The Hall–Kier alpha value is -3.08. The molecule has 0 saturated carbocycles. The summed E-state index contributed by atoms with van der Waals surface area (Å²) in [6.07, 6.45) is 0. The molecule has 0 spiro atoms. The third kappa shape index (κ3) is 3.08. The lowest BCUT2D eigenvalue weighted by Crippen LogP contribution is -2.14. The Labute approximate surface area is 133 Å². The number of benzene rings is 2. The summed E-state index contributed by atoms with van der Waals surface area (Å²) in [4.78, 5) is 26.8. The van der Waals surface area contributed by atoms with Crippen molar-refractivity contribution in [2.24, 2.45) is 0 Å². The van der Waals surface area contributed by atoms with E-state index in [4.69, 9.17) is 0 Å². The number of hydrogen-bond acceptors (Lipinski definition) is 2. The van der Waals surface area contributed by atoms with Crippen molar-refractivity contribution in [3.63, 3.8) is 0 Å². The van der Waals surface area contributed by atoms with Crippen LogP contribution in [0, 0.1) is 6.92 Å². The summed E-state index contributed by atoms with van der Waals surface area (Å²) < 4.78 is 0. The molecule has 2 amide bonds. The second kappa shape index (κ2) is 5.96. The molecule has 2 aromatic carbocycles. The minimum Gasteiger partial charge on any atom is -0.350 e. The molecule has 3 rings (SSSR count). The Bertz CT molecular complexity index is 896. The number of hydrogen-bond donors (Lipinski definition) is 3. The van der Waals surface area contributed by atoms with Crippen LogP contribution in [-0.4, -0.2) is 16.8 Å². The number of amides is 2. The van der Waals surface area contributed by atoms with Crippen LogP contribution in [0.3, 0.4) is 0 Å². The van der Waals surface area contributed by atoms with Crippen LogP contribution in [0.2, 0.25) is 0 Å². The molecule has 5 heteroatoms. The number of H-pyrrole nitrogens is 1. The minimum absolute atomic E-state index is 0.153. The van der Waals surface area contributed by atoms with Gasteiger partial charge < -0.3 is 15.6 Å². The molecule has 0 bridgehead atoms. The van der Waals surface area contributed by atoms with Gasteiger partial charge in [0.25, 0.3) is 5.91 Å². The van der Waals surface area contributed by atoms with E-state index in [1.807, 2.05) is 31.2 Å². The average molecular weight is 307 g/mol. The van der Waals surface area contributed by atoms with Crippen LogP contribution in [0.1, 0.15) is 23.0 Å². The molecule has 0 radical (unpaired) electrons. The molecule has 3 N–H and O–H groups in total. The Morgan fingerprint density at radius 1 is 0.957 bits per heavy atom. The van der Waals surface area contributed by atoms with E-state index in [-0.39, 0.29) is 11.8 Å². The third-order valence-corrected chi connectivity index (χ3v) is 3.63. The Balaban J connectivity index is 1.86. The van der Waals surface area contributed by atoms with Gasteiger partial charge >= 0.3 is 0 Å². The van der Waals surface area contributed by atoms with E-state index in [1.165, 1.54) is 6.92 Å². The zero-order valence-corrected chi connectivity index (χ0v) is 12.9. The smallest absolute Gasteiger partial charge is 0.272 e. The molecule has 0 saturated heterocycles. The maximum atomic E-state index is 12.5. The summed E-state index contributed by atoms with van der Waals surface area (Å²) in [6.45, 7) is 3.36. The van der Waals surface area contributed by atoms with Gasteiger partial charge in [0.1, 0.15) is 5.69 Å². The Morgan fingerprint density at radius 3 is 2.35 bits per heavy atom. The number of fused-ring (bicyclic) bond motifs is 1. The number of aryl methyl sites for hydroxylation is 1. The van der Waals surface area contributed by atoms with Gasteiger partial charge in [0.2, 0.25) is 5.91 Å². The van der Waals surface area contributed by atoms with Gasteiger partial charge in [-0.25, -0.2) is 0 Å². The molecule has 0 atom stereocenters. The molecule has 0 aliphatic rings. The van der Waals surface area contributed by atoms with Crippen molar-refractivity contribution in [2.75, 3.05) is 10.6 Å². The van der Waals surface area contributed by atoms with Gasteiger partial charge in [-0.3, -0.25) is 9.59 Å². The SMILES string of the molecule is CC(=O)Nc1cccc(NC(=O)c2[nH]c3ccccc3c2C)c1. The first-order chi connectivity index (χ1) is 11.0. The third-order valence-electron chi connectivity index (χ3n) is 3.63. The molecule has 0 fully saturated rings. The normalized spacial score (nSPS) is 10.5. The summed E-state index contributed by atoms with van der Waals surface area (Å²) >= 11 is 0. The number of carbonyl (C=O) groups is 2. The van der Waals surface area contributed by atoms with E-state index >= 15 is 0 Å². The van der Waals surface area contributed by atoms with Crippen LogP contribution in [0.15, 0.2) is 48.5 Å². The summed E-state index contributed by atoms with van der Waals surface area (Å²) in [6, 6.07) is 14.8. The molecule has 116 valence electrons. The fourth-order valence-corrected chi connectivity index (χ4v) is 2.58. The van der Waals surface area contributed by atoms with Crippen LogP contribution in [0.4, 0.5) is 11.4 Å². The summed E-state index contributed by atoms with van der Waals surface area (Å²) in [5, 5.41) is 6.58. The predicted molar refractivity (Wildman–Crippen MR) is 91.7 cm³/mol. The molecule has 23 heavy (non-hydrogen) atoms. The second-order valence-electron chi connectivity index (χ2n) is 5.39. The number of nitrogens with one attached hydrogen (secondary N) is 3. The van der Waals surface area contributed by atoms with Crippen LogP contribution >= 0.6 is 0 Å². The number of aromatic amines is 1. The van der Waals surface area contributed by atoms with Gasteiger partial charge in [-0.2, -0.15) is 0 Å². The van der Waals surface area contributed by atoms with E-state index in [0.717, 1.165) is 16.5 Å². The predicted octanol–water partition coefficient (Wildman–Crippen LogP) is 3.69. The van der Waals surface area contributed by atoms with Crippen molar-refractivity contribution in [1.29, 1.82) is 0 Å². The number of carbonyl (C=O) groups excluding carboxylic acids is 2. The summed E-state index contributed by atoms with van der Waals surface area (Å²) in [5.41, 5.74) is 3.65. The van der Waals surface area contributed by atoms with Crippen LogP contribution in [-0.2, 0) is 4.79 Å². The quantitative estimate of drug-likeness (QED) is 0.690. The monoisotopic (exact) mass is 307 g/mol. The molecule has 1 heterocycles. The van der Waals surface area contributed by atoms with Crippen molar-refractivity contribution in [1.82, 2.24) is 4.98 Å². The van der Waals surface area contributed by atoms with E-state index < -0.39 is 0 Å². The molecule has 1 aromatic heterocycles. The van der Waals surface area contributed by atoms with E-state index in [0.29, 0.717) is 17.1 Å². The van der Waals surface area contributed by atoms with Crippen LogP contribution < -0.4 is 10.6 Å². The lowest BCUT2D eigenvalue weighted by Gasteiger charge is -2.07. The van der Waals surface area contributed by atoms with Crippen molar-refractivity contribution in [3.05, 3.63) is 59.8 Å². The van der Waals surface area contributed by atoms with E-state index in [1.54, 1.807) is 24.3 Å². The highest BCUT2D eigenvalue weighted by Gasteiger charge is 2.14. The highest BCUT2D eigenvalue weighted by atomic mass is 16.2. The van der Waals surface area contributed by atoms with Crippen molar-refractivity contribution < 1.29 is 9.59 Å². The Kier molecular flexibility index (Phi) is 3.85. The lowest BCUT2D eigenvalue weighted by molar-refractivity contribution is -0.114. The highest BCUT2D eigenvalue weighted by molar-refractivity contribution is 6.08. The largest absolute Gasteiger partial charge is 0.350 e. The summed E-state index contributed by atoms with van der Waals surface area (Å²) in [5.74, 6) is -0.362. The number of para-hydroxylation sites is 1. The van der Waals surface area contributed by atoms with Crippen molar-refractivity contribution in [3.8, 4) is 0 Å². The van der Waals surface area contributed by atoms with Crippen molar-refractivity contribution >= 4 is 34.1 Å². The van der Waals surface area contributed by atoms with Gasteiger partial charge in [-0.05, 0) is 36.8 Å². The average Bonchev–Trinajstić information content (AvgIpc) is 2.85. The standard InChI is InChI=1S/C18H17N3O2/c1-11-15-8-3-4-9-16(15)21-17(11)18(23)20-14-7-5-6-13(10-14)19-12(2)22/h3-10,21H,1-2H3,(H,19,22)(H,20,23). The van der Waals surface area contributed by atoms with Crippen LogP contribution in [0.25, 0.3) is 10.9 Å². The zero-order valence-electron chi connectivity index (χ0n) is 12.9. The number of anilines is 2. The maximum Gasteiger partial charge on any atom is 0.272 e. The van der Waals surface area contributed by atoms with Gasteiger partial charge in [0.15, 0.2) is 0 Å². The topological polar surface area (TPSA) is 74.0 Å². The first kappa shape index (κ1) is 14.8. The number of aromatic nitrogens is 1. The first-order valence-electron chi connectivity index (χ1n) is 7.31. The van der Waals surface area contributed by atoms with Gasteiger partial charge in [-0.1, -0.05) is 24.3 Å². The Morgan fingerprint density at radius 2 is 1.65 bits per heavy atom. The molecule has 0 aliphatic heterocycles. The van der Waals surface area contributed by atoms with Crippen LogP contribution in [0.5, 0.6) is 0 Å². The number of rotatable bonds is 3. The molecular weight excluding hydrogens is 290 g/mol. The zero-order chi connectivity index (χ0) is 16.4. The molecule has 0 aliphatic carbocycles. The van der Waals surface area contributed by atoms with E-state index in [9.17, 15) is 9.59 Å².